The summed E-state index contributed by atoms with van der Waals surface area (Å²) in [5, 5.41) is 9.24. The van der Waals surface area contributed by atoms with Crippen molar-refractivity contribution >= 4 is 17.7 Å². The van der Waals surface area contributed by atoms with Gasteiger partial charge < -0.3 is 22.5 Å². The second-order valence-electron chi connectivity index (χ2n) is 3.48. The van der Waals surface area contributed by atoms with E-state index < -0.39 is 10.7 Å². The van der Waals surface area contributed by atoms with Crippen LogP contribution >= 0.6 is 0 Å². The molecule has 0 aromatic carbocycles. The van der Waals surface area contributed by atoms with E-state index in [1.807, 2.05) is 0 Å². The Morgan fingerprint density at radius 1 is 1.29 bits per heavy atom. The Morgan fingerprint density at radius 3 is 2.21 bits per heavy atom. The number of carbonyl (C=O) groups is 1. The minimum Gasteiger partial charge on any atom is -0.739 e. The monoisotopic (exact) mass is 310 g/mol. The maximum Gasteiger partial charge on any atom is 1.00 e. The second kappa shape index (κ2) is 8.86. The maximum atomic E-state index is 10.9. The van der Waals surface area contributed by atoms with Gasteiger partial charge in [-0.1, -0.05) is 39.5 Å². The molecule has 0 rings (SSSR count). The molecule has 0 spiro atoms. The van der Waals surface area contributed by atoms with Gasteiger partial charge in [0.2, 0.25) is 0 Å². The summed E-state index contributed by atoms with van der Waals surface area (Å²) in [5.41, 5.74) is -1.23. The van der Waals surface area contributed by atoms with E-state index in [9.17, 15) is 9.90 Å². The van der Waals surface area contributed by atoms with Crippen molar-refractivity contribution in [2.24, 2.45) is 0 Å². The first-order valence-electron chi connectivity index (χ1n) is 5.00. The van der Waals surface area contributed by atoms with E-state index in [-0.39, 0.29) is 22.4 Å². The van der Waals surface area contributed by atoms with Gasteiger partial charge >= 0.3 is 22.4 Å². The number of unbranched alkanes of at least 4 members (excludes halogenated alkanes) is 3. The number of hydrogen-bond acceptors (Lipinski definition) is 3. The van der Waals surface area contributed by atoms with E-state index in [1.54, 1.807) is 6.92 Å². The summed E-state index contributed by atoms with van der Waals surface area (Å²) >= 11 is 4.50. The Morgan fingerprint density at radius 2 is 1.86 bits per heavy atom. The maximum absolute atomic E-state index is 10.9. The number of carbonyl (C=O) groups excluding carboxylic acids is 1. The third-order valence-electron chi connectivity index (χ3n) is 2.41. The van der Waals surface area contributed by atoms with E-state index in [1.165, 1.54) is 0 Å². The van der Waals surface area contributed by atoms with E-state index >= 15 is 0 Å². The summed E-state index contributed by atoms with van der Waals surface area (Å²) in [7, 11) is 0. The van der Waals surface area contributed by atoms with Crippen LogP contribution in [0.5, 0.6) is 0 Å². The zero-order valence-electron chi connectivity index (χ0n) is 8.81. The molecule has 0 saturated heterocycles. The van der Waals surface area contributed by atoms with Gasteiger partial charge in [0.05, 0.1) is 0 Å². The smallest absolute Gasteiger partial charge is 0.739 e. The summed E-state index contributed by atoms with van der Waals surface area (Å²) in [6.45, 7) is 3.92. The standard InChI is InChI=1S/C10H20O2S.Ag/c1-3-5-6-7-8-10(12,4-2)9(11)13;/h12H,3-8H2,1-2H3,(H,11,13);/q;+1/p-1. The van der Waals surface area contributed by atoms with Gasteiger partial charge in [0, 0.05) is 5.12 Å². The fourth-order valence-electron chi connectivity index (χ4n) is 1.27. The number of aliphatic hydroxyl groups is 1. The molecule has 0 aromatic heterocycles. The van der Waals surface area contributed by atoms with Gasteiger partial charge in [-0.25, -0.2) is 0 Å². The number of rotatable bonds is 7. The van der Waals surface area contributed by atoms with Gasteiger partial charge in [0.15, 0.2) is 0 Å². The molecule has 0 aliphatic carbocycles. The van der Waals surface area contributed by atoms with Gasteiger partial charge in [-0.15, -0.1) is 0 Å². The Bertz CT molecular complexity index is 164. The molecule has 1 N–H and O–H groups in total. The van der Waals surface area contributed by atoms with E-state index in [0.717, 1.165) is 25.7 Å². The first kappa shape index (κ1) is 17.0. The van der Waals surface area contributed by atoms with Gasteiger partial charge in [0.1, 0.15) is 5.60 Å². The first-order valence-corrected chi connectivity index (χ1v) is 5.41. The molecule has 0 amide bonds. The van der Waals surface area contributed by atoms with Crippen LogP contribution in [-0.4, -0.2) is 15.8 Å². The summed E-state index contributed by atoms with van der Waals surface area (Å²) in [6, 6.07) is 0. The molecule has 1 unspecified atom stereocenters. The van der Waals surface area contributed by atoms with Crippen LogP contribution in [0.15, 0.2) is 0 Å². The van der Waals surface area contributed by atoms with Gasteiger partial charge in [-0.2, -0.15) is 0 Å². The average Bonchev–Trinajstić information content (AvgIpc) is 2.12. The van der Waals surface area contributed by atoms with Crippen LogP contribution in [0.2, 0.25) is 0 Å². The van der Waals surface area contributed by atoms with Gasteiger partial charge in [-0.05, 0) is 12.8 Å². The summed E-state index contributed by atoms with van der Waals surface area (Å²) < 4.78 is 0. The van der Waals surface area contributed by atoms with E-state index in [2.05, 4.69) is 19.6 Å². The molecule has 0 radical (unpaired) electrons. The normalized spacial score (nSPS) is 14.2. The first-order chi connectivity index (χ1) is 6.06. The molecule has 0 aliphatic heterocycles. The van der Waals surface area contributed by atoms with Crippen LogP contribution in [0.3, 0.4) is 0 Å². The fraction of sp³-hybridized carbons (Fsp3) is 0.900. The van der Waals surface area contributed by atoms with Crippen LogP contribution in [0.1, 0.15) is 52.4 Å². The second-order valence-corrected chi connectivity index (χ2v) is 3.85. The number of hydrogen-bond donors (Lipinski definition) is 1. The Kier molecular flexibility index (Phi) is 10.8. The van der Waals surface area contributed by atoms with Crippen molar-refractivity contribution in [3.8, 4) is 0 Å². The molecule has 1 atom stereocenters. The molecule has 0 bridgehead atoms. The van der Waals surface area contributed by atoms with Crippen LogP contribution in [0.25, 0.3) is 0 Å². The molecule has 2 nitrogen and oxygen atoms in total. The van der Waals surface area contributed by atoms with Gasteiger partial charge in [-0.3, -0.25) is 0 Å². The van der Waals surface area contributed by atoms with Crippen molar-refractivity contribution in [1.29, 1.82) is 0 Å². The van der Waals surface area contributed by atoms with Crippen molar-refractivity contribution in [3.63, 3.8) is 0 Å². The van der Waals surface area contributed by atoms with Gasteiger partial charge in [0.25, 0.3) is 0 Å². The Labute approximate surface area is 108 Å². The third kappa shape index (κ3) is 6.14. The Hall–Kier alpha value is 0.590. The van der Waals surface area contributed by atoms with Crippen LogP contribution in [0.4, 0.5) is 0 Å². The molecule has 0 saturated carbocycles. The van der Waals surface area contributed by atoms with Crippen molar-refractivity contribution in [2.45, 2.75) is 58.0 Å². The van der Waals surface area contributed by atoms with Crippen LogP contribution in [0, 0.1) is 0 Å². The third-order valence-corrected chi connectivity index (χ3v) is 2.79. The molecule has 88 valence electrons. The Balaban J connectivity index is 0. The predicted molar refractivity (Wildman–Crippen MR) is 56.4 cm³/mol. The predicted octanol–water partition coefficient (Wildman–Crippen LogP) is 2.17. The van der Waals surface area contributed by atoms with Crippen molar-refractivity contribution < 1.29 is 32.3 Å². The largest absolute Gasteiger partial charge is 1.00 e. The van der Waals surface area contributed by atoms with Crippen molar-refractivity contribution in [3.05, 3.63) is 0 Å². The zero-order chi connectivity index (χ0) is 10.3. The molecular weight excluding hydrogens is 292 g/mol. The summed E-state index contributed by atoms with van der Waals surface area (Å²) in [5.74, 6) is 0. The topological polar surface area (TPSA) is 37.3 Å². The van der Waals surface area contributed by atoms with E-state index in [0.29, 0.717) is 12.8 Å². The summed E-state index contributed by atoms with van der Waals surface area (Å²) in [4.78, 5) is 10.9. The SMILES string of the molecule is CCCCCCC(O)(CC)C(=O)[S-].[Ag+]. The molecule has 0 heterocycles. The summed E-state index contributed by atoms with van der Waals surface area (Å²) in [6.07, 6.45) is 5.23. The average molecular weight is 311 g/mol. The minimum absolute atomic E-state index is 0. The van der Waals surface area contributed by atoms with Crippen molar-refractivity contribution in [2.75, 3.05) is 0 Å². The molecular formula is C10H19AgO2S. The molecule has 0 fully saturated rings. The van der Waals surface area contributed by atoms with Crippen LogP contribution in [-0.2, 0) is 39.8 Å². The fourth-order valence-corrected chi connectivity index (χ4v) is 1.51. The molecule has 14 heavy (non-hydrogen) atoms. The zero-order valence-corrected chi connectivity index (χ0v) is 11.1. The minimum atomic E-state index is -1.23. The molecule has 0 aliphatic rings. The van der Waals surface area contributed by atoms with E-state index in [4.69, 9.17) is 0 Å². The molecule has 4 heteroatoms. The van der Waals surface area contributed by atoms with Crippen LogP contribution < -0.4 is 0 Å². The molecule has 0 aromatic rings. The van der Waals surface area contributed by atoms with Crippen molar-refractivity contribution in [1.82, 2.24) is 0 Å². The quantitative estimate of drug-likeness (QED) is 0.445.